The summed E-state index contributed by atoms with van der Waals surface area (Å²) in [6, 6.07) is 19.1. The fraction of sp³-hybridized carbons (Fsp3) is 0. The van der Waals surface area contributed by atoms with Crippen LogP contribution in [0.4, 0.5) is 0 Å². The van der Waals surface area contributed by atoms with Crippen molar-refractivity contribution in [2.45, 2.75) is 0 Å². The third-order valence-electron chi connectivity index (χ3n) is 3.65. The summed E-state index contributed by atoms with van der Waals surface area (Å²) in [7, 11) is 0. The number of aromatic amines is 1. The normalized spacial score (nSPS) is 9.92. The number of hydrogen-bond acceptors (Lipinski definition) is 4. The maximum atomic E-state index is 11.8. The first-order chi connectivity index (χ1) is 11.6. The quantitative estimate of drug-likeness (QED) is 0.758. The number of nitriles is 2. The number of H-pyrrole nitrogens is 1. The number of nitrogens with zero attached hydrogens (tertiary/aromatic N) is 2. The predicted octanol–water partition coefficient (Wildman–Crippen LogP) is 3.16. The zero-order valence-electron chi connectivity index (χ0n) is 12.4. The van der Waals surface area contributed by atoms with E-state index in [4.69, 9.17) is 10.5 Å². The van der Waals surface area contributed by atoms with E-state index in [0.717, 1.165) is 5.56 Å². The molecule has 1 aromatic heterocycles. The van der Waals surface area contributed by atoms with Gasteiger partial charge in [-0.15, -0.1) is 0 Å². The van der Waals surface area contributed by atoms with Gasteiger partial charge >= 0.3 is 0 Å². The van der Waals surface area contributed by atoms with Crippen molar-refractivity contribution in [1.29, 1.82) is 10.5 Å². The number of aromatic nitrogens is 1. The lowest BCUT2D eigenvalue weighted by molar-refractivity contribution is 0.467. The maximum absolute atomic E-state index is 11.8. The summed E-state index contributed by atoms with van der Waals surface area (Å²) in [5.41, 5.74) is 3.07. The molecule has 5 nitrogen and oxygen atoms in total. The average molecular weight is 313 g/mol. The van der Waals surface area contributed by atoms with E-state index in [2.05, 4.69) is 4.98 Å². The van der Waals surface area contributed by atoms with E-state index in [-0.39, 0.29) is 5.75 Å². The molecule has 3 rings (SSSR count). The lowest BCUT2D eigenvalue weighted by Gasteiger charge is -2.11. The molecule has 0 spiro atoms. The van der Waals surface area contributed by atoms with Crippen molar-refractivity contribution < 1.29 is 5.11 Å². The molecule has 0 saturated carbocycles. The second-order valence-corrected chi connectivity index (χ2v) is 5.15. The first-order valence-corrected chi connectivity index (χ1v) is 7.10. The van der Waals surface area contributed by atoms with Crippen LogP contribution < -0.4 is 5.56 Å². The van der Waals surface area contributed by atoms with Gasteiger partial charge in [0.2, 0.25) is 0 Å². The highest BCUT2D eigenvalue weighted by Crippen LogP contribution is 2.31. The molecule has 0 saturated heterocycles. The van der Waals surface area contributed by atoms with E-state index in [9.17, 15) is 9.90 Å². The summed E-state index contributed by atoms with van der Waals surface area (Å²) in [6.07, 6.45) is 0. The number of aromatic hydroxyl groups is 1. The Morgan fingerprint density at radius 2 is 1.33 bits per heavy atom. The summed E-state index contributed by atoms with van der Waals surface area (Å²) in [5.74, 6) is -0.383. The van der Waals surface area contributed by atoms with Crippen molar-refractivity contribution in [3.63, 3.8) is 0 Å². The van der Waals surface area contributed by atoms with E-state index in [1.54, 1.807) is 48.5 Å². The second kappa shape index (κ2) is 6.12. The minimum Gasteiger partial charge on any atom is -0.503 e. The van der Waals surface area contributed by atoms with Gasteiger partial charge in [0, 0.05) is 5.56 Å². The van der Waals surface area contributed by atoms with Crippen molar-refractivity contribution in [3.8, 4) is 40.3 Å². The molecule has 0 unspecified atom stereocenters. The van der Waals surface area contributed by atoms with Crippen LogP contribution in [-0.2, 0) is 0 Å². The summed E-state index contributed by atoms with van der Waals surface area (Å²) in [5, 5.41) is 27.6. The third kappa shape index (κ3) is 2.75. The molecule has 114 valence electrons. The molecule has 2 N–H and O–H groups in total. The monoisotopic (exact) mass is 313 g/mol. The first kappa shape index (κ1) is 15.1. The summed E-state index contributed by atoms with van der Waals surface area (Å²) >= 11 is 0. The van der Waals surface area contributed by atoms with Crippen LogP contribution in [0.15, 0.2) is 59.4 Å². The SMILES string of the molecule is N#Cc1ccc(-c2cc(O)c(=O)[nH]c2-c2ccc(C#N)cc2)cc1. The fourth-order valence-corrected chi connectivity index (χ4v) is 2.41. The summed E-state index contributed by atoms with van der Waals surface area (Å²) in [6.45, 7) is 0. The van der Waals surface area contributed by atoms with E-state index >= 15 is 0 Å². The van der Waals surface area contributed by atoms with Gasteiger partial charge in [-0.1, -0.05) is 24.3 Å². The van der Waals surface area contributed by atoms with Gasteiger partial charge in [0.1, 0.15) is 0 Å². The average Bonchev–Trinajstić information content (AvgIpc) is 2.64. The number of pyridine rings is 1. The molecule has 24 heavy (non-hydrogen) atoms. The van der Waals surface area contributed by atoms with Crippen molar-refractivity contribution in [3.05, 3.63) is 76.1 Å². The largest absolute Gasteiger partial charge is 0.503 e. The van der Waals surface area contributed by atoms with E-state index in [0.29, 0.717) is 27.9 Å². The molecule has 0 aliphatic heterocycles. The Kier molecular flexibility index (Phi) is 3.84. The van der Waals surface area contributed by atoms with Gasteiger partial charge in [0.15, 0.2) is 5.75 Å². The van der Waals surface area contributed by atoms with Gasteiger partial charge in [-0.25, -0.2) is 0 Å². The van der Waals surface area contributed by atoms with Gasteiger partial charge in [-0.3, -0.25) is 4.79 Å². The molecule has 0 aliphatic carbocycles. The second-order valence-electron chi connectivity index (χ2n) is 5.15. The Hall–Kier alpha value is -3.83. The molecule has 2 aromatic carbocycles. The van der Waals surface area contributed by atoms with Gasteiger partial charge in [0.25, 0.3) is 5.56 Å². The molecule has 0 fully saturated rings. The zero-order valence-corrected chi connectivity index (χ0v) is 12.4. The molecule has 1 heterocycles. The molecule has 3 aromatic rings. The molecule has 0 radical (unpaired) electrons. The van der Waals surface area contributed by atoms with Crippen LogP contribution in [-0.4, -0.2) is 10.1 Å². The fourth-order valence-electron chi connectivity index (χ4n) is 2.41. The topological polar surface area (TPSA) is 101 Å². The van der Waals surface area contributed by atoms with Gasteiger partial charge in [0.05, 0.1) is 29.0 Å². The number of nitrogens with one attached hydrogen (secondary N) is 1. The highest BCUT2D eigenvalue weighted by molar-refractivity contribution is 5.81. The molecule has 0 atom stereocenters. The van der Waals surface area contributed by atoms with Crippen LogP contribution >= 0.6 is 0 Å². The lowest BCUT2D eigenvalue weighted by Crippen LogP contribution is -2.07. The number of benzene rings is 2. The highest BCUT2D eigenvalue weighted by Gasteiger charge is 2.12. The van der Waals surface area contributed by atoms with Crippen LogP contribution in [0, 0.1) is 22.7 Å². The van der Waals surface area contributed by atoms with Crippen LogP contribution in [0.2, 0.25) is 0 Å². The molecule has 0 amide bonds. The molecule has 5 heteroatoms. The van der Waals surface area contributed by atoms with Crippen LogP contribution in [0.3, 0.4) is 0 Å². The van der Waals surface area contributed by atoms with E-state index in [1.807, 2.05) is 12.1 Å². The molecular formula is C19H11N3O2. The molecular weight excluding hydrogens is 302 g/mol. The maximum Gasteiger partial charge on any atom is 0.290 e. The zero-order chi connectivity index (χ0) is 17.1. The minimum absolute atomic E-state index is 0.383. The Labute approximate surface area is 137 Å². The van der Waals surface area contributed by atoms with Crippen molar-refractivity contribution >= 4 is 0 Å². The van der Waals surface area contributed by atoms with E-state index in [1.165, 1.54) is 6.07 Å². The lowest BCUT2D eigenvalue weighted by atomic mass is 9.98. The van der Waals surface area contributed by atoms with Crippen molar-refractivity contribution in [1.82, 2.24) is 4.98 Å². The highest BCUT2D eigenvalue weighted by atomic mass is 16.3. The standard InChI is InChI=1S/C19H11N3O2/c20-10-12-1-5-14(6-2-12)16-9-17(23)19(24)22-18(16)15-7-3-13(11-21)4-8-15/h1-9,23H,(H,22,24). The van der Waals surface area contributed by atoms with Crippen molar-refractivity contribution in [2.75, 3.05) is 0 Å². The minimum atomic E-state index is -0.591. The van der Waals surface area contributed by atoms with Gasteiger partial charge < -0.3 is 10.1 Å². The number of hydrogen-bond donors (Lipinski definition) is 2. The Bertz CT molecular complexity index is 1030. The van der Waals surface area contributed by atoms with Crippen LogP contribution in [0.5, 0.6) is 5.75 Å². The Morgan fingerprint density at radius 1 is 0.833 bits per heavy atom. The Morgan fingerprint density at radius 3 is 1.83 bits per heavy atom. The third-order valence-corrected chi connectivity index (χ3v) is 3.65. The van der Waals surface area contributed by atoms with Crippen LogP contribution in [0.1, 0.15) is 11.1 Å². The summed E-state index contributed by atoms with van der Waals surface area (Å²) < 4.78 is 0. The van der Waals surface area contributed by atoms with E-state index < -0.39 is 5.56 Å². The van der Waals surface area contributed by atoms with Crippen molar-refractivity contribution in [2.24, 2.45) is 0 Å². The number of rotatable bonds is 2. The first-order valence-electron chi connectivity index (χ1n) is 7.10. The Balaban J connectivity index is 2.21. The van der Waals surface area contributed by atoms with Crippen LogP contribution in [0.25, 0.3) is 22.4 Å². The van der Waals surface area contributed by atoms with Gasteiger partial charge in [-0.2, -0.15) is 10.5 Å². The van der Waals surface area contributed by atoms with Gasteiger partial charge in [-0.05, 0) is 41.5 Å². The smallest absolute Gasteiger partial charge is 0.290 e. The predicted molar refractivity (Wildman–Crippen MR) is 89.0 cm³/mol. The molecule has 0 bridgehead atoms. The molecule has 0 aliphatic rings. The summed E-state index contributed by atoms with van der Waals surface area (Å²) in [4.78, 5) is 14.5.